The highest BCUT2D eigenvalue weighted by molar-refractivity contribution is 7.89. The van der Waals surface area contributed by atoms with E-state index in [0.717, 1.165) is 11.1 Å². The van der Waals surface area contributed by atoms with Crippen LogP contribution >= 0.6 is 0 Å². The van der Waals surface area contributed by atoms with E-state index in [-0.39, 0.29) is 34.1 Å². The van der Waals surface area contributed by atoms with E-state index >= 15 is 0 Å². The van der Waals surface area contributed by atoms with Crippen LogP contribution in [0.4, 0.5) is 0 Å². The van der Waals surface area contributed by atoms with Gasteiger partial charge in [0.05, 0.1) is 48.4 Å². The standard InChI is InChI=1S/C22H34N2O12S.C15H26O11.C7H10N2O2S/c1-10-3-5-12(6-4-10)37(32,33)24-23-11(2)7-13-16(27)19(30)21(15(9-26)34-13)36-22-20(31)18(29)17(28)14(8-25)35-22;1-5(18)2-6-9(19)12(22)14(8(4-17)24-6)26-15-13(23)11(21)10(20)7(3-16)25-15;1-6-2-4-7(5-3-6)12(10,11)9-8/h3-6,13-22,24-31H,7-9H2,1-2H3;6-17,19-23H,2-4H2,1H3;2-5,9H,8H2,1H3/b23-11+;;/t13-,14+,15+,16-,17-,18-,19+,20+,21+,22-;6-,7+,8+,9-,10-,11-,12+,13+,14+,15-;/m00./s1. The van der Waals surface area contributed by atoms with Gasteiger partial charge in [-0.05, 0) is 52.0 Å². The van der Waals surface area contributed by atoms with Crippen molar-refractivity contribution >= 4 is 31.5 Å². The molecule has 4 aliphatic heterocycles. The second-order valence-electron chi connectivity index (χ2n) is 18.1. The van der Waals surface area contributed by atoms with Gasteiger partial charge in [0, 0.05) is 18.6 Å². The summed E-state index contributed by atoms with van der Waals surface area (Å²) >= 11 is 0. The number of hydrazone groups is 1. The van der Waals surface area contributed by atoms with E-state index in [1.807, 2.05) is 13.8 Å². The summed E-state index contributed by atoms with van der Waals surface area (Å²) in [5.74, 6) is 4.55. The van der Waals surface area contributed by atoms with Crippen LogP contribution in [0.5, 0.6) is 0 Å². The Morgan fingerprint density at radius 3 is 1.20 bits per heavy atom. The first-order valence-corrected chi connectivity index (χ1v) is 26.2. The highest BCUT2D eigenvalue weighted by atomic mass is 32.2. The Balaban J connectivity index is 0.000000276. The Labute approximate surface area is 431 Å². The number of hydrogen-bond acceptors (Lipinski definition) is 27. The second-order valence-corrected chi connectivity index (χ2v) is 21.5. The topological polar surface area (TPSA) is 486 Å². The van der Waals surface area contributed by atoms with Crippen LogP contribution in [0, 0.1) is 13.8 Å². The molecule has 0 unspecified atom stereocenters. The van der Waals surface area contributed by atoms with E-state index in [1.165, 1.54) is 38.1 Å². The first kappa shape index (κ1) is 64.1. The molecular weight excluding hydrogens is 1050 g/mol. The van der Waals surface area contributed by atoms with Crippen molar-refractivity contribution in [2.45, 2.75) is 173 Å². The fourth-order valence-electron chi connectivity index (χ4n) is 7.98. The molecule has 0 aromatic heterocycles. The zero-order valence-corrected chi connectivity index (χ0v) is 42.6. The highest BCUT2D eigenvalue weighted by Gasteiger charge is 2.52. The van der Waals surface area contributed by atoms with E-state index < -0.39 is 169 Å². The van der Waals surface area contributed by atoms with Crippen LogP contribution in [0.15, 0.2) is 63.4 Å². The monoisotopic (exact) mass is 1120 g/mol. The average molecular weight is 1120 g/mol. The summed E-state index contributed by atoms with van der Waals surface area (Å²) in [7, 11) is -7.43. The first-order valence-electron chi connectivity index (χ1n) is 23.2. The largest absolute Gasteiger partial charge is 0.394 e. The maximum Gasteiger partial charge on any atom is 0.276 e. The number of carbonyl (C=O) groups excluding carboxylic acids is 1. The van der Waals surface area contributed by atoms with Gasteiger partial charge in [-0.3, -0.25) is 10.6 Å². The van der Waals surface area contributed by atoms with Crippen LogP contribution in [0.25, 0.3) is 0 Å². The smallest absolute Gasteiger partial charge is 0.276 e. The van der Waals surface area contributed by atoms with Crippen LogP contribution in [0.3, 0.4) is 0 Å². The van der Waals surface area contributed by atoms with Crippen molar-refractivity contribution < 1.29 is 122 Å². The molecule has 0 radical (unpaired) electrons. The Kier molecular flexibility index (Phi) is 24.3. The van der Waals surface area contributed by atoms with Crippen molar-refractivity contribution in [3.8, 4) is 0 Å². The third kappa shape index (κ3) is 16.6. The summed E-state index contributed by atoms with van der Waals surface area (Å²) < 4.78 is 79.5. The zero-order valence-electron chi connectivity index (χ0n) is 41.0. The van der Waals surface area contributed by atoms with Crippen molar-refractivity contribution in [1.82, 2.24) is 9.66 Å². The van der Waals surface area contributed by atoms with E-state index in [9.17, 15) is 93.1 Å². The van der Waals surface area contributed by atoms with Crippen molar-refractivity contribution in [3.05, 3.63) is 59.7 Å². The molecule has 0 spiro atoms. The van der Waals surface area contributed by atoms with Crippen molar-refractivity contribution in [1.29, 1.82) is 0 Å². The summed E-state index contributed by atoms with van der Waals surface area (Å²) in [5, 5.41) is 143. The van der Waals surface area contributed by atoms with Gasteiger partial charge >= 0.3 is 0 Å². The number of hydrazine groups is 1. The number of nitrogens with two attached hydrogens (primary N) is 1. The van der Waals surface area contributed by atoms with Gasteiger partial charge in [0.2, 0.25) is 0 Å². The number of nitrogens with zero attached hydrogens (tertiary/aromatic N) is 1. The molecule has 0 saturated carbocycles. The number of carbonyl (C=O) groups is 1. The fraction of sp³-hybridized carbons (Fsp3) is 0.682. The van der Waals surface area contributed by atoms with Gasteiger partial charge in [0.1, 0.15) is 103 Å². The van der Waals surface area contributed by atoms with Gasteiger partial charge in [-0.1, -0.05) is 35.4 Å². The summed E-state index contributed by atoms with van der Waals surface area (Å²) in [6.07, 6.45) is -29.8. The molecule has 4 aliphatic rings. The maximum absolute atomic E-state index is 12.4. The third-order valence-corrected chi connectivity index (χ3v) is 14.8. The van der Waals surface area contributed by atoms with Crippen molar-refractivity contribution in [2.24, 2.45) is 10.9 Å². The number of hydrogen-bond donors (Lipinski definition) is 17. The van der Waals surface area contributed by atoms with Gasteiger partial charge < -0.3 is 99.9 Å². The second kappa shape index (κ2) is 28.5. The minimum atomic E-state index is -3.94. The van der Waals surface area contributed by atoms with E-state index in [1.54, 1.807) is 29.1 Å². The molecule has 29 nitrogen and oxygen atoms in total. The van der Waals surface area contributed by atoms with E-state index in [2.05, 4.69) is 9.93 Å². The van der Waals surface area contributed by atoms with Crippen LogP contribution in [0.2, 0.25) is 0 Å². The summed E-state index contributed by atoms with van der Waals surface area (Å²) in [5.41, 5.74) is 2.09. The number of ketones is 1. The number of aliphatic hydroxyl groups excluding tert-OH is 14. The number of rotatable bonds is 17. The fourth-order valence-corrected chi connectivity index (χ4v) is 9.49. The molecule has 75 heavy (non-hydrogen) atoms. The van der Waals surface area contributed by atoms with Crippen molar-refractivity contribution in [2.75, 3.05) is 26.4 Å². The van der Waals surface area contributed by atoms with Gasteiger partial charge in [0.15, 0.2) is 12.6 Å². The number of Topliss-reactive ketones (excluding diaryl/α,β-unsaturated/α-hetero) is 1. The molecule has 20 atom stereocenters. The predicted octanol–water partition coefficient (Wildman–Crippen LogP) is -7.51. The number of benzene rings is 2. The average Bonchev–Trinajstić information content (AvgIpc) is 3.38. The van der Waals surface area contributed by atoms with E-state index in [4.69, 9.17) is 34.3 Å². The van der Waals surface area contributed by atoms with Crippen LogP contribution in [-0.4, -0.2) is 249 Å². The van der Waals surface area contributed by atoms with Gasteiger partial charge in [-0.2, -0.15) is 18.4 Å². The highest BCUT2D eigenvalue weighted by Crippen LogP contribution is 2.32. The molecule has 2 aromatic rings. The third-order valence-electron chi connectivity index (χ3n) is 12.4. The summed E-state index contributed by atoms with van der Waals surface area (Å²) in [6, 6.07) is 12.6. The molecule has 2 aromatic carbocycles. The first-order chi connectivity index (χ1) is 35.2. The molecular formula is C44H70N4O25S2. The maximum atomic E-state index is 12.4. The van der Waals surface area contributed by atoms with Crippen LogP contribution in [0.1, 0.15) is 37.8 Å². The summed E-state index contributed by atoms with van der Waals surface area (Å²) in [6.45, 7) is 3.79. The molecule has 0 amide bonds. The number of sulfonamides is 2. The van der Waals surface area contributed by atoms with E-state index in [0.29, 0.717) is 0 Å². The SMILES string of the molecule is C/C(C[C@@H]1O[C@H](CO)[C@@H](O[C@@H]2O[C@H](CO)[C@H](O)[C@H](O)[C@H]2O)[C@H](O)[C@H]1O)=N\NS(=O)(=O)c1ccc(C)cc1.CC(=O)C[C@@H]1O[C@H](CO)[C@@H](O[C@@H]2O[C@H](CO)[C@H](O)[C@H](O)[C@H]2O)[C@H](O)[C@H]1O.Cc1ccc(S(=O)(=O)NN)cc1. The molecule has 4 heterocycles. The molecule has 428 valence electrons. The molecule has 4 saturated heterocycles. The lowest BCUT2D eigenvalue weighted by molar-refractivity contribution is -0.341. The normalized spacial score (nSPS) is 36.5. The number of aliphatic hydroxyl groups is 14. The Bertz CT molecular complexity index is 2330. The van der Waals surface area contributed by atoms with Gasteiger partial charge in [-0.15, -0.1) is 0 Å². The van der Waals surface area contributed by atoms with Gasteiger partial charge in [-0.25, -0.2) is 13.2 Å². The summed E-state index contributed by atoms with van der Waals surface area (Å²) in [4.78, 5) is 15.3. The van der Waals surface area contributed by atoms with Gasteiger partial charge in [0.25, 0.3) is 20.0 Å². The lowest BCUT2D eigenvalue weighted by Gasteiger charge is -2.46. The van der Waals surface area contributed by atoms with Crippen LogP contribution < -0.4 is 15.5 Å². The molecule has 31 heteroatoms. The zero-order chi connectivity index (χ0) is 56.3. The molecule has 0 aliphatic carbocycles. The number of nitrogens with one attached hydrogen (secondary N) is 2. The lowest BCUT2D eigenvalue weighted by atomic mass is 9.92. The number of aryl methyl sites for hydroxylation is 2. The Hall–Kier alpha value is -3.40. The van der Waals surface area contributed by atoms with Crippen LogP contribution in [-0.2, 0) is 53.3 Å². The Morgan fingerprint density at radius 1 is 0.507 bits per heavy atom. The molecule has 6 rings (SSSR count). The predicted molar refractivity (Wildman–Crippen MR) is 253 cm³/mol. The van der Waals surface area contributed by atoms with Crippen molar-refractivity contribution in [3.63, 3.8) is 0 Å². The minimum Gasteiger partial charge on any atom is -0.394 e. The molecule has 4 fully saturated rings. The Morgan fingerprint density at radius 2 is 0.853 bits per heavy atom. The quantitative estimate of drug-likeness (QED) is 0.0397. The molecule has 0 bridgehead atoms. The minimum absolute atomic E-state index is 0.00699. The lowest BCUT2D eigenvalue weighted by Crippen LogP contribution is -2.64. The number of ether oxygens (including phenoxy) is 6. The molecule has 18 N–H and O–H groups in total.